The SMILES string of the molecule is NC(=S)Cc1ccc(NC(=O)c2ccc(F)cn2)cc1. The van der Waals surface area contributed by atoms with Gasteiger partial charge in [-0.15, -0.1) is 0 Å². The van der Waals surface area contributed by atoms with Crippen molar-refractivity contribution in [1.82, 2.24) is 4.98 Å². The summed E-state index contributed by atoms with van der Waals surface area (Å²) in [5.74, 6) is -0.879. The van der Waals surface area contributed by atoms with Crippen molar-refractivity contribution >= 4 is 28.8 Å². The monoisotopic (exact) mass is 289 g/mol. The topological polar surface area (TPSA) is 68.0 Å². The minimum Gasteiger partial charge on any atom is -0.393 e. The molecule has 1 aromatic heterocycles. The van der Waals surface area contributed by atoms with E-state index >= 15 is 0 Å². The Morgan fingerprint density at radius 2 is 1.95 bits per heavy atom. The van der Waals surface area contributed by atoms with Crippen molar-refractivity contribution in [3.05, 3.63) is 59.7 Å². The second-order valence-electron chi connectivity index (χ2n) is 4.16. The molecule has 0 unspecified atom stereocenters. The molecule has 0 bridgehead atoms. The molecule has 102 valence electrons. The van der Waals surface area contributed by atoms with Crippen LogP contribution < -0.4 is 11.1 Å². The van der Waals surface area contributed by atoms with E-state index in [9.17, 15) is 9.18 Å². The third-order valence-electron chi connectivity index (χ3n) is 2.55. The van der Waals surface area contributed by atoms with Crippen molar-refractivity contribution < 1.29 is 9.18 Å². The molecule has 3 N–H and O–H groups in total. The van der Waals surface area contributed by atoms with Crippen molar-refractivity contribution in [2.24, 2.45) is 5.73 Å². The zero-order valence-corrected chi connectivity index (χ0v) is 11.3. The summed E-state index contributed by atoms with van der Waals surface area (Å²) < 4.78 is 12.7. The number of nitrogens with one attached hydrogen (secondary N) is 1. The number of nitrogens with zero attached hydrogens (tertiary/aromatic N) is 1. The van der Waals surface area contributed by atoms with Gasteiger partial charge in [-0.2, -0.15) is 0 Å². The molecule has 1 amide bonds. The number of nitrogens with two attached hydrogens (primary N) is 1. The number of carbonyl (C=O) groups is 1. The first-order valence-corrected chi connectivity index (χ1v) is 6.25. The Balaban J connectivity index is 2.04. The number of anilines is 1. The number of benzene rings is 1. The summed E-state index contributed by atoms with van der Waals surface area (Å²) in [6, 6.07) is 9.66. The minimum atomic E-state index is -0.483. The maximum Gasteiger partial charge on any atom is 0.274 e. The van der Waals surface area contributed by atoms with E-state index in [1.807, 2.05) is 12.1 Å². The largest absolute Gasteiger partial charge is 0.393 e. The lowest BCUT2D eigenvalue weighted by Crippen LogP contribution is -2.14. The predicted molar refractivity (Wildman–Crippen MR) is 79.1 cm³/mol. The van der Waals surface area contributed by atoms with E-state index in [-0.39, 0.29) is 5.69 Å². The van der Waals surface area contributed by atoms with Crippen LogP contribution in [0.2, 0.25) is 0 Å². The van der Waals surface area contributed by atoms with E-state index < -0.39 is 11.7 Å². The molecule has 2 aromatic rings. The predicted octanol–water partition coefficient (Wildman–Crippen LogP) is 2.30. The smallest absolute Gasteiger partial charge is 0.274 e. The van der Waals surface area contributed by atoms with E-state index in [1.54, 1.807) is 12.1 Å². The van der Waals surface area contributed by atoms with Crippen LogP contribution in [0.4, 0.5) is 10.1 Å². The first kappa shape index (κ1) is 14.1. The lowest BCUT2D eigenvalue weighted by Gasteiger charge is -2.06. The van der Waals surface area contributed by atoms with Crippen LogP contribution in [0.15, 0.2) is 42.6 Å². The molecule has 0 saturated carbocycles. The Morgan fingerprint density at radius 1 is 1.25 bits per heavy atom. The normalized spacial score (nSPS) is 10.1. The van der Waals surface area contributed by atoms with Gasteiger partial charge in [0, 0.05) is 12.1 Å². The number of thiocarbonyl (C=S) groups is 1. The molecule has 1 heterocycles. The zero-order valence-electron chi connectivity index (χ0n) is 10.5. The van der Waals surface area contributed by atoms with Crippen LogP contribution in [0.1, 0.15) is 16.1 Å². The van der Waals surface area contributed by atoms with Gasteiger partial charge in [-0.25, -0.2) is 9.37 Å². The molecule has 0 aliphatic carbocycles. The molecule has 0 fully saturated rings. The van der Waals surface area contributed by atoms with Crippen molar-refractivity contribution in [3.63, 3.8) is 0 Å². The van der Waals surface area contributed by atoms with Crippen LogP contribution in [0.25, 0.3) is 0 Å². The highest BCUT2D eigenvalue weighted by Crippen LogP contribution is 2.11. The number of halogens is 1. The Morgan fingerprint density at radius 3 is 2.50 bits per heavy atom. The molecule has 4 nitrogen and oxygen atoms in total. The van der Waals surface area contributed by atoms with E-state index in [0.717, 1.165) is 11.8 Å². The van der Waals surface area contributed by atoms with Crippen molar-refractivity contribution in [3.8, 4) is 0 Å². The second kappa shape index (κ2) is 6.21. The van der Waals surface area contributed by atoms with Crippen LogP contribution in [0, 0.1) is 5.82 Å². The van der Waals surface area contributed by atoms with Crippen LogP contribution >= 0.6 is 12.2 Å². The van der Waals surface area contributed by atoms with E-state index in [0.29, 0.717) is 17.1 Å². The van der Waals surface area contributed by atoms with Gasteiger partial charge in [-0.1, -0.05) is 24.4 Å². The molecule has 0 saturated heterocycles. The van der Waals surface area contributed by atoms with Gasteiger partial charge in [-0.3, -0.25) is 4.79 Å². The van der Waals surface area contributed by atoms with Gasteiger partial charge in [0.1, 0.15) is 11.5 Å². The zero-order chi connectivity index (χ0) is 14.5. The molecule has 0 radical (unpaired) electrons. The lowest BCUT2D eigenvalue weighted by molar-refractivity contribution is 0.102. The summed E-state index contributed by atoms with van der Waals surface area (Å²) in [7, 11) is 0. The molecule has 20 heavy (non-hydrogen) atoms. The lowest BCUT2D eigenvalue weighted by atomic mass is 10.1. The number of aromatic nitrogens is 1. The van der Waals surface area contributed by atoms with Crippen molar-refractivity contribution in [2.45, 2.75) is 6.42 Å². The summed E-state index contributed by atoms with van der Waals surface area (Å²) in [5, 5.41) is 2.67. The molecule has 0 atom stereocenters. The van der Waals surface area contributed by atoms with Gasteiger partial charge in [0.25, 0.3) is 5.91 Å². The maximum atomic E-state index is 12.7. The van der Waals surface area contributed by atoms with Gasteiger partial charge >= 0.3 is 0 Å². The molecule has 0 aliphatic heterocycles. The van der Waals surface area contributed by atoms with Crippen LogP contribution in [-0.2, 0) is 6.42 Å². The van der Waals surface area contributed by atoms with Crippen molar-refractivity contribution in [2.75, 3.05) is 5.32 Å². The highest BCUT2D eigenvalue weighted by Gasteiger charge is 2.07. The second-order valence-corrected chi connectivity index (χ2v) is 4.68. The molecular weight excluding hydrogens is 277 g/mol. The number of hydrogen-bond donors (Lipinski definition) is 2. The van der Waals surface area contributed by atoms with Crippen LogP contribution in [0.5, 0.6) is 0 Å². The van der Waals surface area contributed by atoms with Gasteiger partial charge < -0.3 is 11.1 Å². The maximum absolute atomic E-state index is 12.7. The molecular formula is C14H12FN3OS. The van der Waals surface area contributed by atoms with Gasteiger partial charge in [0.2, 0.25) is 0 Å². The Bertz CT molecular complexity index is 626. The number of rotatable bonds is 4. The average molecular weight is 289 g/mol. The summed E-state index contributed by atoms with van der Waals surface area (Å²) in [5.41, 5.74) is 7.19. The van der Waals surface area contributed by atoms with E-state index in [2.05, 4.69) is 10.3 Å². The Kier molecular flexibility index (Phi) is 4.37. The summed E-state index contributed by atoms with van der Waals surface area (Å²) >= 11 is 4.82. The van der Waals surface area contributed by atoms with E-state index in [4.69, 9.17) is 18.0 Å². The highest BCUT2D eigenvalue weighted by atomic mass is 32.1. The Labute approximate surface area is 120 Å². The third kappa shape index (κ3) is 3.83. The molecule has 2 rings (SSSR count). The molecule has 1 aromatic carbocycles. The van der Waals surface area contributed by atoms with Crippen LogP contribution in [-0.4, -0.2) is 15.9 Å². The number of pyridine rings is 1. The fraction of sp³-hybridized carbons (Fsp3) is 0.0714. The number of amides is 1. The fourth-order valence-electron chi connectivity index (χ4n) is 1.61. The van der Waals surface area contributed by atoms with Gasteiger partial charge in [0.15, 0.2) is 0 Å². The van der Waals surface area contributed by atoms with E-state index in [1.165, 1.54) is 12.1 Å². The molecule has 0 aliphatic rings. The minimum absolute atomic E-state index is 0.151. The summed E-state index contributed by atoms with van der Waals surface area (Å²) in [6.07, 6.45) is 1.52. The standard InChI is InChI=1S/C14H12FN3OS/c15-10-3-6-12(17-8-10)14(19)18-11-4-1-9(2-5-11)7-13(16)20/h1-6,8H,7H2,(H2,16,20)(H,18,19). The Hall–Kier alpha value is -2.34. The quantitative estimate of drug-likeness (QED) is 0.848. The third-order valence-corrected chi connectivity index (χ3v) is 2.69. The van der Waals surface area contributed by atoms with Gasteiger partial charge in [-0.05, 0) is 29.8 Å². The highest BCUT2D eigenvalue weighted by molar-refractivity contribution is 7.80. The van der Waals surface area contributed by atoms with Gasteiger partial charge in [0.05, 0.1) is 11.2 Å². The average Bonchev–Trinajstić information content (AvgIpc) is 2.41. The fourth-order valence-corrected chi connectivity index (χ4v) is 1.78. The van der Waals surface area contributed by atoms with Crippen LogP contribution in [0.3, 0.4) is 0 Å². The number of carbonyl (C=O) groups excluding carboxylic acids is 1. The first-order valence-electron chi connectivity index (χ1n) is 5.85. The molecule has 6 heteroatoms. The summed E-state index contributed by atoms with van der Waals surface area (Å²) in [4.78, 5) is 16.0. The first-order chi connectivity index (χ1) is 9.54. The molecule has 0 spiro atoms. The summed E-state index contributed by atoms with van der Waals surface area (Å²) in [6.45, 7) is 0. The number of hydrogen-bond acceptors (Lipinski definition) is 3. The van der Waals surface area contributed by atoms with Crippen molar-refractivity contribution in [1.29, 1.82) is 0 Å².